The highest BCUT2D eigenvalue weighted by Crippen LogP contribution is 2.28. The lowest BCUT2D eigenvalue weighted by Crippen LogP contribution is -2.38. The number of anilines is 1. The number of carbonyl (C=O) groups excluding carboxylic acids is 1. The molecule has 144 valence electrons. The normalized spacial score (nSPS) is 17.4. The van der Waals surface area contributed by atoms with Crippen LogP contribution in [-0.2, 0) is 10.0 Å². The minimum absolute atomic E-state index is 0.137. The van der Waals surface area contributed by atoms with Gasteiger partial charge in [0, 0.05) is 12.1 Å². The topological polar surface area (TPSA) is 66.5 Å². The molecule has 0 spiro atoms. The number of hydrogen-bond donors (Lipinski definition) is 1. The van der Waals surface area contributed by atoms with E-state index in [1.54, 1.807) is 12.1 Å². The average Bonchev–Trinajstić information content (AvgIpc) is 2.62. The Balaban J connectivity index is 1.85. The van der Waals surface area contributed by atoms with E-state index in [2.05, 4.69) is 5.32 Å². The summed E-state index contributed by atoms with van der Waals surface area (Å²) in [5.74, 6) is -0.0471. The molecule has 1 saturated heterocycles. The summed E-state index contributed by atoms with van der Waals surface area (Å²) in [6.07, 6.45) is 1.52. The fraction of sp³-hybridized carbons (Fsp3) is 0.381. The number of nitrogens with zero attached hydrogens (tertiary/aromatic N) is 1. The van der Waals surface area contributed by atoms with Crippen LogP contribution >= 0.6 is 0 Å². The second-order valence-electron chi connectivity index (χ2n) is 7.15. The zero-order valence-corrected chi connectivity index (χ0v) is 16.8. The van der Waals surface area contributed by atoms with E-state index in [-0.39, 0.29) is 17.7 Å². The Morgan fingerprint density at radius 2 is 1.81 bits per heavy atom. The molecule has 5 nitrogen and oxygen atoms in total. The highest BCUT2D eigenvalue weighted by molar-refractivity contribution is 7.92. The van der Waals surface area contributed by atoms with Gasteiger partial charge < -0.3 is 5.32 Å². The standard InChI is InChI=1S/C21H26N2O3S/c1-15-8-4-5-9-19(15)17(3)22-21(24)18-11-10-16(2)20(14-18)23-12-6-7-13-27(23,25)26/h4-5,8-11,14,17H,6-7,12-13H2,1-3H3,(H,22,24)/t17-/m0/s1. The highest BCUT2D eigenvalue weighted by Gasteiger charge is 2.27. The molecule has 0 radical (unpaired) electrons. The van der Waals surface area contributed by atoms with E-state index in [0.29, 0.717) is 24.2 Å². The zero-order valence-electron chi connectivity index (χ0n) is 16.0. The number of amides is 1. The fourth-order valence-corrected chi connectivity index (χ4v) is 5.20. The van der Waals surface area contributed by atoms with Crippen molar-refractivity contribution in [2.75, 3.05) is 16.6 Å². The van der Waals surface area contributed by atoms with Gasteiger partial charge in [-0.2, -0.15) is 0 Å². The molecule has 1 fully saturated rings. The van der Waals surface area contributed by atoms with Crippen molar-refractivity contribution in [2.24, 2.45) is 0 Å². The summed E-state index contributed by atoms with van der Waals surface area (Å²) >= 11 is 0. The number of aryl methyl sites for hydroxylation is 2. The van der Waals surface area contributed by atoms with Crippen LogP contribution in [0.4, 0.5) is 5.69 Å². The molecule has 1 heterocycles. The second-order valence-corrected chi connectivity index (χ2v) is 9.16. The van der Waals surface area contributed by atoms with E-state index in [0.717, 1.165) is 23.1 Å². The summed E-state index contributed by atoms with van der Waals surface area (Å²) in [5.41, 5.74) is 4.11. The molecule has 3 rings (SSSR count). The average molecular weight is 387 g/mol. The highest BCUT2D eigenvalue weighted by atomic mass is 32.2. The Morgan fingerprint density at radius 3 is 2.52 bits per heavy atom. The van der Waals surface area contributed by atoms with Crippen LogP contribution in [0.5, 0.6) is 0 Å². The van der Waals surface area contributed by atoms with E-state index in [1.807, 2.05) is 51.1 Å². The van der Waals surface area contributed by atoms with E-state index >= 15 is 0 Å². The number of carbonyl (C=O) groups is 1. The van der Waals surface area contributed by atoms with Crippen molar-refractivity contribution < 1.29 is 13.2 Å². The summed E-state index contributed by atoms with van der Waals surface area (Å²) in [6, 6.07) is 13.1. The van der Waals surface area contributed by atoms with Gasteiger partial charge in [0.15, 0.2) is 0 Å². The van der Waals surface area contributed by atoms with Crippen LogP contribution in [0.25, 0.3) is 0 Å². The monoisotopic (exact) mass is 386 g/mol. The quantitative estimate of drug-likeness (QED) is 0.871. The van der Waals surface area contributed by atoms with Crippen LogP contribution in [0.1, 0.15) is 52.9 Å². The minimum atomic E-state index is -3.31. The lowest BCUT2D eigenvalue weighted by molar-refractivity contribution is 0.0940. The van der Waals surface area contributed by atoms with Crippen LogP contribution in [0.3, 0.4) is 0 Å². The first-order valence-electron chi connectivity index (χ1n) is 9.27. The van der Waals surface area contributed by atoms with Crippen LogP contribution in [0.15, 0.2) is 42.5 Å². The molecule has 0 bridgehead atoms. The van der Waals surface area contributed by atoms with Crippen LogP contribution in [0.2, 0.25) is 0 Å². The number of sulfonamides is 1. The first kappa shape index (κ1) is 19.4. The molecular formula is C21H26N2O3S. The van der Waals surface area contributed by atoms with Gasteiger partial charge in [0.1, 0.15) is 0 Å². The second kappa shape index (κ2) is 7.72. The van der Waals surface area contributed by atoms with E-state index in [9.17, 15) is 13.2 Å². The predicted molar refractivity (Wildman–Crippen MR) is 109 cm³/mol. The van der Waals surface area contributed by atoms with E-state index in [1.165, 1.54) is 4.31 Å². The Morgan fingerprint density at radius 1 is 1.07 bits per heavy atom. The lowest BCUT2D eigenvalue weighted by Gasteiger charge is -2.29. The van der Waals surface area contributed by atoms with Gasteiger partial charge in [-0.25, -0.2) is 8.42 Å². The van der Waals surface area contributed by atoms with Crippen molar-refractivity contribution in [1.82, 2.24) is 5.32 Å². The maximum Gasteiger partial charge on any atom is 0.251 e. The molecule has 1 atom stereocenters. The molecule has 1 amide bonds. The first-order chi connectivity index (χ1) is 12.8. The maximum absolute atomic E-state index is 12.8. The number of benzene rings is 2. The smallest absolute Gasteiger partial charge is 0.251 e. The van der Waals surface area contributed by atoms with Crippen molar-refractivity contribution in [2.45, 2.75) is 39.7 Å². The molecule has 1 aliphatic rings. The van der Waals surface area contributed by atoms with Gasteiger partial charge in [0.25, 0.3) is 5.91 Å². The van der Waals surface area contributed by atoms with Crippen molar-refractivity contribution in [3.05, 3.63) is 64.7 Å². The summed E-state index contributed by atoms with van der Waals surface area (Å²) in [7, 11) is -3.31. The van der Waals surface area contributed by atoms with Crippen molar-refractivity contribution in [3.63, 3.8) is 0 Å². The van der Waals surface area contributed by atoms with Crippen LogP contribution in [-0.4, -0.2) is 26.6 Å². The van der Waals surface area contributed by atoms with E-state index in [4.69, 9.17) is 0 Å². The minimum Gasteiger partial charge on any atom is -0.346 e. The Hall–Kier alpha value is -2.34. The van der Waals surface area contributed by atoms with E-state index < -0.39 is 10.0 Å². The molecular weight excluding hydrogens is 360 g/mol. The molecule has 6 heteroatoms. The zero-order chi connectivity index (χ0) is 19.6. The van der Waals surface area contributed by atoms with Gasteiger partial charge in [-0.1, -0.05) is 30.3 Å². The molecule has 0 unspecified atom stereocenters. The molecule has 0 aliphatic carbocycles. The molecule has 1 N–H and O–H groups in total. The molecule has 0 saturated carbocycles. The van der Waals surface area contributed by atoms with Gasteiger partial charge >= 0.3 is 0 Å². The van der Waals surface area contributed by atoms with Crippen LogP contribution < -0.4 is 9.62 Å². The van der Waals surface area contributed by atoms with Gasteiger partial charge in [-0.3, -0.25) is 9.10 Å². The largest absolute Gasteiger partial charge is 0.346 e. The lowest BCUT2D eigenvalue weighted by atomic mass is 10.0. The molecule has 0 aromatic heterocycles. The van der Waals surface area contributed by atoms with Crippen LogP contribution in [0, 0.1) is 13.8 Å². The predicted octanol–water partition coefficient (Wildman–Crippen LogP) is 3.72. The molecule has 2 aromatic carbocycles. The molecule has 27 heavy (non-hydrogen) atoms. The first-order valence-corrected chi connectivity index (χ1v) is 10.9. The molecule has 1 aliphatic heterocycles. The van der Waals surface area contributed by atoms with Crippen molar-refractivity contribution >= 4 is 21.6 Å². The SMILES string of the molecule is Cc1ccccc1[C@H](C)NC(=O)c1ccc(C)c(N2CCCCS2(=O)=O)c1. The third kappa shape index (κ3) is 4.16. The summed E-state index contributed by atoms with van der Waals surface area (Å²) in [6.45, 7) is 6.30. The van der Waals surface area contributed by atoms with Gasteiger partial charge in [-0.05, 0) is 62.4 Å². The number of hydrogen-bond acceptors (Lipinski definition) is 3. The maximum atomic E-state index is 12.8. The third-order valence-electron chi connectivity index (χ3n) is 5.09. The Kier molecular flexibility index (Phi) is 5.56. The Labute approximate surface area is 161 Å². The summed E-state index contributed by atoms with van der Waals surface area (Å²) < 4.78 is 26.3. The van der Waals surface area contributed by atoms with Gasteiger partial charge in [-0.15, -0.1) is 0 Å². The number of rotatable bonds is 4. The van der Waals surface area contributed by atoms with Gasteiger partial charge in [0.2, 0.25) is 10.0 Å². The Bertz CT molecular complexity index is 954. The van der Waals surface area contributed by atoms with Gasteiger partial charge in [0.05, 0.1) is 17.5 Å². The summed E-state index contributed by atoms with van der Waals surface area (Å²) in [5, 5.41) is 3.02. The van der Waals surface area contributed by atoms with Crippen molar-refractivity contribution in [3.8, 4) is 0 Å². The fourth-order valence-electron chi connectivity index (χ4n) is 3.51. The third-order valence-corrected chi connectivity index (χ3v) is 6.95. The summed E-state index contributed by atoms with van der Waals surface area (Å²) in [4.78, 5) is 12.8. The number of nitrogens with one attached hydrogen (secondary N) is 1. The van der Waals surface area contributed by atoms with Crippen molar-refractivity contribution in [1.29, 1.82) is 0 Å². The molecule has 2 aromatic rings.